The molecule has 0 radical (unpaired) electrons. The van der Waals surface area contributed by atoms with Crippen LogP contribution in [-0.2, 0) is 6.42 Å². The van der Waals surface area contributed by atoms with Crippen molar-refractivity contribution in [3.05, 3.63) is 23.9 Å². The summed E-state index contributed by atoms with van der Waals surface area (Å²) in [5, 5.41) is 0. The molecule has 0 aliphatic rings. The van der Waals surface area contributed by atoms with Crippen molar-refractivity contribution in [1.82, 2.24) is 4.98 Å². The molecule has 0 amide bonds. The van der Waals surface area contributed by atoms with E-state index in [2.05, 4.69) is 17.1 Å². The molecule has 0 fully saturated rings. The lowest BCUT2D eigenvalue weighted by Crippen LogP contribution is -2.10. The number of nitrogens with zero attached hydrogens (tertiary/aromatic N) is 2. The van der Waals surface area contributed by atoms with Crippen LogP contribution in [0.5, 0.6) is 0 Å². The van der Waals surface area contributed by atoms with E-state index in [0.29, 0.717) is 0 Å². The standard InChI is InChI=1S/C11H19N3/c1-14(2)11-7-6-10(9-13-11)5-3-4-8-12/h6-7,9H,3-5,8,12H2,1-2H3. The van der Waals surface area contributed by atoms with E-state index in [4.69, 9.17) is 5.73 Å². The Labute approximate surface area is 85.9 Å². The van der Waals surface area contributed by atoms with Crippen molar-refractivity contribution < 1.29 is 0 Å². The van der Waals surface area contributed by atoms with E-state index in [0.717, 1.165) is 31.6 Å². The van der Waals surface area contributed by atoms with E-state index in [-0.39, 0.29) is 0 Å². The number of hydrogen-bond acceptors (Lipinski definition) is 3. The second-order valence-corrected chi connectivity index (χ2v) is 3.66. The van der Waals surface area contributed by atoms with Crippen LogP contribution in [0.3, 0.4) is 0 Å². The smallest absolute Gasteiger partial charge is 0.127 e. The summed E-state index contributed by atoms with van der Waals surface area (Å²) >= 11 is 0. The summed E-state index contributed by atoms with van der Waals surface area (Å²) in [6, 6.07) is 4.19. The Bertz CT molecular complexity index is 254. The fraction of sp³-hybridized carbons (Fsp3) is 0.545. The van der Waals surface area contributed by atoms with E-state index in [1.54, 1.807) is 0 Å². The van der Waals surface area contributed by atoms with Crippen LogP contribution in [-0.4, -0.2) is 25.6 Å². The van der Waals surface area contributed by atoms with Crippen LogP contribution in [0.25, 0.3) is 0 Å². The van der Waals surface area contributed by atoms with Crippen LogP contribution in [0.4, 0.5) is 5.82 Å². The Morgan fingerprint density at radius 1 is 1.29 bits per heavy atom. The molecule has 3 nitrogen and oxygen atoms in total. The van der Waals surface area contributed by atoms with Gasteiger partial charge in [-0.15, -0.1) is 0 Å². The minimum Gasteiger partial charge on any atom is -0.363 e. The van der Waals surface area contributed by atoms with Gasteiger partial charge in [-0.3, -0.25) is 0 Å². The van der Waals surface area contributed by atoms with Crippen LogP contribution in [0.15, 0.2) is 18.3 Å². The highest BCUT2D eigenvalue weighted by Crippen LogP contribution is 2.09. The molecular weight excluding hydrogens is 174 g/mol. The van der Waals surface area contributed by atoms with Gasteiger partial charge in [-0.25, -0.2) is 4.98 Å². The molecule has 1 heterocycles. The summed E-state index contributed by atoms with van der Waals surface area (Å²) in [6.45, 7) is 0.781. The van der Waals surface area contributed by atoms with Crippen molar-refractivity contribution in [2.75, 3.05) is 25.5 Å². The van der Waals surface area contributed by atoms with Gasteiger partial charge in [0, 0.05) is 20.3 Å². The van der Waals surface area contributed by atoms with E-state index in [1.807, 2.05) is 25.2 Å². The molecule has 0 saturated heterocycles. The molecule has 14 heavy (non-hydrogen) atoms. The molecule has 3 heteroatoms. The van der Waals surface area contributed by atoms with E-state index < -0.39 is 0 Å². The summed E-state index contributed by atoms with van der Waals surface area (Å²) in [5.74, 6) is 1.01. The lowest BCUT2D eigenvalue weighted by atomic mass is 10.1. The number of aromatic nitrogens is 1. The zero-order chi connectivity index (χ0) is 10.4. The van der Waals surface area contributed by atoms with Gasteiger partial charge in [0.2, 0.25) is 0 Å². The lowest BCUT2D eigenvalue weighted by Gasteiger charge is -2.11. The van der Waals surface area contributed by atoms with Crippen molar-refractivity contribution in [1.29, 1.82) is 0 Å². The molecule has 1 aromatic heterocycles. The summed E-state index contributed by atoms with van der Waals surface area (Å²) in [7, 11) is 3.99. The third kappa shape index (κ3) is 3.34. The molecule has 0 atom stereocenters. The van der Waals surface area contributed by atoms with Gasteiger partial charge in [0.1, 0.15) is 5.82 Å². The topological polar surface area (TPSA) is 42.1 Å². The number of rotatable bonds is 5. The molecule has 2 N–H and O–H groups in total. The molecule has 0 aliphatic heterocycles. The summed E-state index contributed by atoms with van der Waals surface area (Å²) in [5.41, 5.74) is 6.73. The molecule has 78 valence electrons. The lowest BCUT2D eigenvalue weighted by molar-refractivity contribution is 0.743. The van der Waals surface area contributed by atoms with Gasteiger partial charge in [0.05, 0.1) is 0 Å². The highest BCUT2D eigenvalue weighted by molar-refractivity contribution is 5.37. The Morgan fingerprint density at radius 2 is 2.07 bits per heavy atom. The number of nitrogens with two attached hydrogens (primary N) is 1. The van der Waals surface area contributed by atoms with Gasteiger partial charge in [-0.2, -0.15) is 0 Å². The van der Waals surface area contributed by atoms with E-state index in [9.17, 15) is 0 Å². The van der Waals surface area contributed by atoms with Gasteiger partial charge in [0.25, 0.3) is 0 Å². The molecular formula is C11H19N3. The Kier molecular flexibility index (Phi) is 4.40. The SMILES string of the molecule is CN(C)c1ccc(CCCCN)cn1. The largest absolute Gasteiger partial charge is 0.363 e. The van der Waals surface area contributed by atoms with Crippen LogP contribution >= 0.6 is 0 Å². The molecule has 0 spiro atoms. The third-order valence-corrected chi connectivity index (χ3v) is 2.19. The molecule has 0 saturated carbocycles. The first-order chi connectivity index (χ1) is 6.74. The first-order valence-corrected chi connectivity index (χ1v) is 5.06. The second-order valence-electron chi connectivity index (χ2n) is 3.66. The van der Waals surface area contributed by atoms with Gasteiger partial charge in [-0.05, 0) is 37.4 Å². The average molecular weight is 193 g/mol. The van der Waals surface area contributed by atoms with Crippen LogP contribution in [0.1, 0.15) is 18.4 Å². The Balaban J connectivity index is 2.47. The quantitative estimate of drug-likeness (QED) is 0.719. The minimum atomic E-state index is 0.781. The Morgan fingerprint density at radius 3 is 2.57 bits per heavy atom. The zero-order valence-electron chi connectivity index (χ0n) is 9.03. The predicted octanol–water partition coefficient (Wildman–Crippen LogP) is 1.43. The summed E-state index contributed by atoms with van der Waals surface area (Å²) in [4.78, 5) is 6.36. The van der Waals surface area contributed by atoms with E-state index >= 15 is 0 Å². The number of aryl methyl sites for hydroxylation is 1. The molecule has 0 aromatic carbocycles. The number of hydrogen-bond donors (Lipinski definition) is 1. The average Bonchev–Trinajstić information content (AvgIpc) is 2.19. The highest BCUT2D eigenvalue weighted by atomic mass is 15.1. The molecule has 1 rings (SSSR count). The van der Waals surface area contributed by atoms with Crippen molar-refractivity contribution >= 4 is 5.82 Å². The van der Waals surface area contributed by atoms with Gasteiger partial charge in [0.15, 0.2) is 0 Å². The fourth-order valence-electron chi connectivity index (χ4n) is 1.30. The van der Waals surface area contributed by atoms with Gasteiger partial charge in [-0.1, -0.05) is 6.07 Å². The van der Waals surface area contributed by atoms with Crippen molar-refractivity contribution in [2.45, 2.75) is 19.3 Å². The maximum Gasteiger partial charge on any atom is 0.127 e. The maximum atomic E-state index is 5.43. The maximum absolute atomic E-state index is 5.43. The second kappa shape index (κ2) is 5.60. The van der Waals surface area contributed by atoms with Crippen LogP contribution in [0.2, 0.25) is 0 Å². The number of pyridine rings is 1. The zero-order valence-corrected chi connectivity index (χ0v) is 9.03. The summed E-state index contributed by atoms with van der Waals surface area (Å²) in [6.07, 6.45) is 5.28. The van der Waals surface area contributed by atoms with E-state index in [1.165, 1.54) is 5.56 Å². The van der Waals surface area contributed by atoms with Crippen LogP contribution in [0, 0.1) is 0 Å². The molecule has 0 unspecified atom stereocenters. The first-order valence-electron chi connectivity index (χ1n) is 5.06. The number of anilines is 1. The summed E-state index contributed by atoms with van der Waals surface area (Å²) < 4.78 is 0. The van der Waals surface area contributed by atoms with Crippen molar-refractivity contribution in [3.63, 3.8) is 0 Å². The van der Waals surface area contributed by atoms with Gasteiger partial charge >= 0.3 is 0 Å². The molecule has 1 aromatic rings. The molecule has 0 bridgehead atoms. The monoisotopic (exact) mass is 193 g/mol. The predicted molar refractivity (Wildman–Crippen MR) is 60.6 cm³/mol. The van der Waals surface area contributed by atoms with Crippen molar-refractivity contribution in [3.8, 4) is 0 Å². The van der Waals surface area contributed by atoms with Gasteiger partial charge < -0.3 is 10.6 Å². The highest BCUT2D eigenvalue weighted by Gasteiger charge is 1.97. The van der Waals surface area contributed by atoms with Crippen molar-refractivity contribution in [2.24, 2.45) is 5.73 Å². The normalized spacial score (nSPS) is 10.2. The van der Waals surface area contributed by atoms with Crippen LogP contribution < -0.4 is 10.6 Å². The first kappa shape index (κ1) is 11.0. The Hall–Kier alpha value is -1.09. The molecule has 0 aliphatic carbocycles. The number of unbranched alkanes of at least 4 members (excludes halogenated alkanes) is 1. The fourth-order valence-corrected chi connectivity index (χ4v) is 1.30. The minimum absolute atomic E-state index is 0.781. The third-order valence-electron chi connectivity index (χ3n) is 2.19.